The molecule has 1 aliphatic rings. The number of hydrogen-bond donors (Lipinski definition) is 1. The van der Waals surface area contributed by atoms with E-state index in [1.807, 2.05) is 6.20 Å². The molecule has 0 bridgehead atoms. The van der Waals surface area contributed by atoms with E-state index in [1.54, 1.807) is 10.9 Å². The molecule has 84 valence electrons. The van der Waals surface area contributed by atoms with E-state index >= 15 is 0 Å². The van der Waals surface area contributed by atoms with E-state index < -0.39 is 9.84 Å². The lowest BCUT2D eigenvalue weighted by molar-refractivity contribution is 0.299. The first kappa shape index (κ1) is 10.6. The number of aliphatic hydroxyl groups is 1. The van der Waals surface area contributed by atoms with Gasteiger partial charge in [0.1, 0.15) is 0 Å². The highest BCUT2D eigenvalue weighted by Crippen LogP contribution is 2.22. The molecule has 0 saturated carbocycles. The van der Waals surface area contributed by atoms with Crippen LogP contribution in [0.5, 0.6) is 0 Å². The van der Waals surface area contributed by atoms with Gasteiger partial charge in [0.25, 0.3) is 0 Å². The summed E-state index contributed by atoms with van der Waals surface area (Å²) in [4.78, 5) is 0. The minimum atomic E-state index is -2.86. The van der Waals surface area contributed by atoms with E-state index in [4.69, 9.17) is 5.11 Å². The van der Waals surface area contributed by atoms with Crippen LogP contribution in [-0.4, -0.2) is 41.4 Å². The third-order valence-corrected chi connectivity index (χ3v) is 4.39. The molecule has 1 atom stereocenters. The summed E-state index contributed by atoms with van der Waals surface area (Å²) >= 11 is 0. The molecular formula is C9H14N2O3S. The molecule has 5 nitrogen and oxygen atoms in total. The number of nitrogens with zero attached hydrogens (tertiary/aromatic N) is 2. The van der Waals surface area contributed by atoms with Gasteiger partial charge in [-0.1, -0.05) is 0 Å². The third-order valence-electron chi connectivity index (χ3n) is 2.64. The van der Waals surface area contributed by atoms with Crippen LogP contribution < -0.4 is 0 Å². The number of hydrogen-bond acceptors (Lipinski definition) is 4. The van der Waals surface area contributed by atoms with Crippen molar-refractivity contribution in [3.8, 4) is 0 Å². The zero-order chi connectivity index (χ0) is 10.9. The van der Waals surface area contributed by atoms with Crippen LogP contribution in [0, 0.1) is 0 Å². The number of rotatable bonds is 3. The zero-order valence-electron chi connectivity index (χ0n) is 8.33. The van der Waals surface area contributed by atoms with Gasteiger partial charge in [0.05, 0.1) is 23.7 Å². The van der Waals surface area contributed by atoms with Crippen molar-refractivity contribution in [1.82, 2.24) is 9.78 Å². The normalized spacial score (nSPS) is 24.5. The Bertz CT molecular complexity index is 438. The molecule has 1 saturated heterocycles. The van der Waals surface area contributed by atoms with Crippen molar-refractivity contribution in [1.29, 1.82) is 0 Å². The van der Waals surface area contributed by atoms with Crippen molar-refractivity contribution in [2.24, 2.45) is 0 Å². The van der Waals surface area contributed by atoms with Crippen LogP contribution in [0.3, 0.4) is 0 Å². The molecule has 2 heterocycles. The second kappa shape index (κ2) is 3.94. The minimum Gasteiger partial charge on any atom is -0.396 e. The predicted molar refractivity (Wildman–Crippen MR) is 55.3 cm³/mol. The van der Waals surface area contributed by atoms with Crippen molar-refractivity contribution in [3.63, 3.8) is 0 Å². The Labute approximate surface area is 88.6 Å². The minimum absolute atomic E-state index is 0.0255. The molecule has 6 heteroatoms. The summed E-state index contributed by atoms with van der Waals surface area (Å²) in [6, 6.07) is -0.0255. The number of aliphatic hydroxyl groups excluding tert-OH is 1. The first-order valence-electron chi connectivity index (χ1n) is 4.95. The van der Waals surface area contributed by atoms with Crippen LogP contribution >= 0.6 is 0 Å². The molecule has 15 heavy (non-hydrogen) atoms. The Morgan fingerprint density at radius 2 is 2.40 bits per heavy atom. The second-order valence-corrected chi connectivity index (χ2v) is 6.09. The summed E-state index contributed by atoms with van der Waals surface area (Å²) < 4.78 is 24.2. The monoisotopic (exact) mass is 230 g/mol. The zero-order valence-corrected chi connectivity index (χ0v) is 9.15. The Morgan fingerprint density at radius 3 is 3.00 bits per heavy atom. The molecule has 1 fully saturated rings. The van der Waals surface area contributed by atoms with Gasteiger partial charge in [-0.25, -0.2) is 8.42 Å². The molecule has 1 aromatic rings. The summed E-state index contributed by atoms with van der Waals surface area (Å²) in [6.45, 7) is 0.0919. The van der Waals surface area contributed by atoms with Crippen LogP contribution in [0.2, 0.25) is 0 Å². The van der Waals surface area contributed by atoms with Crippen molar-refractivity contribution in [3.05, 3.63) is 18.0 Å². The fourth-order valence-corrected chi connectivity index (χ4v) is 3.52. The van der Waals surface area contributed by atoms with Crippen LogP contribution in [0.15, 0.2) is 12.4 Å². The first-order chi connectivity index (χ1) is 7.11. The largest absolute Gasteiger partial charge is 0.396 e. The molecule has 0 spiro atoms. The quantitative estimate of drug-likeness (QED) is 0.779. The SMILES string of the molecule is O=S1(=O)CCC(n2cc(CCO)cn2)C1. The van der Waals surface area contributed by atoms with Gasteiger partial charge in [0.2, 0.25) is 0 Å². The van der Waals surface area contributed by atoms with Gasteiger partial charge in [-0.15, -0.1) is 0 Å². The highest BCUT2D eigenvalue weighted by atomic mass is 32.2. The molecule has 0 aromatic carbocycles. The Kier molecular flexibility index (Phi) is 2.79. The van der Waals surface area contributed by atoms with Crippen molar-refractivity contribution < 1.29 is 13.5 Å². The van der Waals surface area contributed by atoms with Gasteiger partial charge in [-0.05, 0) is 18.4 Å². The first-order valence-corrected chi connectivity index (χ1v) is 6.77. The number of sulfone groups is 1. The predicted octanol–water partition coefficient (Wildman–Crippen LogP) is -0.223. The van der Waals surface area contributed by atoms with Crippen molar-refractivity contribution >= 4 is 9.84 Å². The van der Waals surface area contributed by atoms with E-state index in [9.17, 15) is 8.42 Å². The van der Waals surface area contributed by atoms with E-state index in [1.165, 1.54) is 0 Å². The average molecular weight is 230 g/mol. The maximum Gasteiger partial charge on any atom is 0.152 e. The van der Waals surface area contributed by atoms with E-state index in [-0.39, 0.29) is 24.2 Å². The molecule has 1 aromatic heterocycles. The maximum absolute atomic E-state index is 11.3. The topological polar surface area (TPSA) is 72.2 Å². The Hall–Kier alpha value is -0.880. The highest BCUT2D eigenvalue weighted by molar-refractivity contribution is 7.91. The van der Waals surface area contributed by atoms with E-state index in [0.717, 1.165) is 5.56 Å². The van der Waals surface area contributed by atoms with Crippen LogP contribution in [0.4, 0.5) is 0 Å². The van der Waals surface area contributed by atoms with Crippen LogP contribution in [0.1, 0.15) is 18.0 Å². The lowest BCUT2D eigenvalue weighted by atomic mass is 10.2. The summed E-state index contributed by atoms with van der Waals surface area (Å²) in [5.41, 5.74) is 0.946. The Balaban J connectivity index is 2.10. The maximum atomic E-state index is 11.3. The smallest absolute Gasteiger partial charge is 0.152 e. The molecule has 1 N–H and O–H groups in total. The molecule has 0 aliphatic carbocycles. The second-order valence-electron chi connectivity index (χ2n) is 3.86. The lowest BCUT2D eigenvalue weighted by Crippen LogP contribution is -2.11. The van der Waals surface area contributed by atoms with Gasteiger partial charge in [-0.2, -0.15) is 5.10 Å². The molecular weight excluding hydrogens is 216 g/mol. The highest BCUT2D eigenvalue weighted by Gasteiger charge is 2.29. The van der Waals surface area contributed by atoms with Gasteiger partial charge >= 0.3 is 0 Å². The van der Waals surface area contributed by atoms with Gasteiger partial charge in [0, 0.05) is 12.8 Å². The Morgan fingerprint density at radius 1 is 1.60 bits per heavy atom. The lowest BCUT2D eigenvalue weighted by Gasteiger charge is -2.06. The standard InChI is InChI=1S/C9H14N2O3S/c12-3-1-8-5-10-11(6-8)9-2-4-15(13,14)7-9/h5-6,9,12H,1-4,7H2. The van der Waals surface area contributed by atoms with Gasteiger partial charge < -0.3 is 5.11 Å². The average Bonchev–Trinajstić information content (AvgIpc) is 2.73. The van der Waals surface area contributed by atoms with Gasteiger partial charge in [0.15, 0.2) is 9.84 Å². The molecule has 1 unspecified atom stereocenters. The summed E-state index contributed by atoms with van der Waals surface area (Å²) in [6.07, 6.45) is 4.71. The van der Waals surface area contributed by atoms with E-state index in [0.29, 0.717) is 12.8 Å². The summed E-state index contributed by atoms with van der Waals surface area (Å²) in [7, 11) is -2.86. The van der Waals surface area contributed by atoms with Crippen molar-refractivity contribution in [2.75, 3.05) is 18.1 Å². The fourth-order valence-electron chi connectivity index (χ4n) is 1.82. The molecule has 0 amide bonds. The summed E-state index contributed by atoms with van der Waals surface area (Å²) in [5.74, 6) is 0.445. The third kappa shape index (κ3) is 2.38. The summed E-state index contributed by atoms with van der Waals surface area (Å²) in [5, 5.41) is 12.9. The molecule has 1 aliphatic heterocycles. The van der Waals surface area contributed by atoms with Crippen LogP contribution in [0.25, 0.3) is 0 Å². The molecule has 2 rings (SSSR count). The van der Waals surface area contributed by atoms with Gasteiger partial charge in [-0.3, -0.25) is 4.68 Å². The molecule has 0 radical (unpaired) electrons. The number of aromatic nitrogens is 2. The van der Waals surface area contributed by atoms with Crippen LogP contribution in [-0.2, 0) is 16.3 Å². The van der Waals surface area contributed by atoms with Crippen molar-refractivity contribution in [2.45, 2.75) is 18.9 Å². The fraction of sp³-hybridized carbons (Fsp3) is 0.667. The van der Waals surface area contributed by atoms with E-state index in [2.05, 4.69) is 5.10 Å².